The van der Waals surface area contributed by atoms with Crippen molar-refractivity contribution in [1.82, 2.24) is 25.5 Å². The fraction of sp³-hybridized carbons (Fsp3) is 0.304. The molecule has 2 aliphatic heterocycles. The van der Waals surface area contributed by atoms with Crippen LogP contribution in [-0.4, -0.2) is 51.9 Å². The Morgan fingerprint density at radius 1 is 1.10 bits per heavy atom. The minimum absolute atomic E-state index is 0.0926. The molecular formula is C23H24N6O2. The molecule has 31 heavy (non-hydrogen) atoms. The summed E-state index contributed by atoms with van der Waals surface area (Å²) in [6, 6.07) is 20.0. The lowest BCUT2D eigenvalue weighted by Crippen LogP contribution is -2.42. The number of ether oxygens (including phenoxy) is 1. The SMILES string of the molecule is O=C(CN1C(c2ccccc2)=C[C@H](c2ccccc2)n2nnnc21)NC[C@@H]1CCCO1. The predicted octanol–water partition coefficient (Wildman–Crippen LogP) is 2.42. The number of carbonyl (C=O) groups is 1. The van der Waals surface area contributed by atoms with E-state index < -0.39 is 0 Å². The Labute approximate surface area is 180 Å². The first kappa shape index (κ1) is 19.4. The smallest absolute Gasteiger partial charge is 0.251 e. The van der Waals surface area contributed by atoms with Crippen LogP contribution >= 0.6 is 0 Å². The van der Waals surface area contributed by atoms with Gasteiger partial charge in [0.05, 0.1) is 11.8 Å². The molecule has 0 radical (unpaired) electrons. The number of nitrogens with one attached hydrogen (secondary N) is 1. The summed E-state index contributed by atoms with van der Waals surface area (Å²) in [6.07, 6.45) is 4.24. The van der Waals surface area contributed by atoms with Crippen molar-refractivity contribution in [2.75, 3.05) is 24.6 Å². The van der Waals surface area contributed by atoms with Crippen molar-refractivity contribution in [2.45, 2.75) is 25.0 Å². The molecule has 1 saturated heterocycles. The zero-order valence-corrected chi connectivity index (χ0v) is 17.1. The van der Waals surface area contributed by atoms with Crippen molar-refractivity contribution in [3.05, 3.63) is 77.9 Å². The van der Waals surface area contributed by atoms with Crippen LogP contribution in [0, 0.1) is 0 Å². The maximum Gasteiger partial charge on any atom is 0.251 e. The van der Waals surface area contributed by atoms with Gasteiger partial charge in [-0.05, 0) is 40.5 Å². The molecule has 5 rings (SSSR count). The molecule has 0 unspecified atom stereocenters. The summed E-state index contributed by atoms with van der Waals surface area (Å²) >= 11 is 0. The molecule has 0 bridgehead atoms. The average molecular weight is 416 g/mol. The van der Waals surface area contributed by atoms with Crippen LogP contribution in [0.4, 0.5) is 5.95 Å². The van der Waals surface area contributed by atoms with E-state index in [9.17, 15) is 4.79 Å². The first-order valence-corrected chi connectivity index (χ1v) is 10.6. The first-order chi connectivity index (χ1) is 15.3. The van der Waals surface area contributed by atoms with Gasteiger partial charge in [0.2, 0.25) is 5.91 Å². The molecule has 2 aliphatic rings. The van der Waals surface area contributed by atoms with Crippen LogP contribution in [-0.2, 0) is 9.53 Å². The van der Waals surface area contributed by atoms with Crippen LogP contribution in [0.25, 0.3) is 5.70 Å². The second kappa shape index (κ2) is 8.69. The van der Waals surface area contributed by atoms with Gasteiger partial charge in [-0.1, -0.05) is 65.8 Å². The van der Waals surface area contributed by atoms with Gasteiger partial charge < -0.3 is 10.1 Å². The standard InChI is InChI=1S/C23H24N6O2/c30-22(24-15-19-12-7-13-31-19)16-28-20(17-8-3-1-4-9-17)14-21(18-10-5-2-6-11-18)29-23(28)25-26-27-29/h1-6,8-11,14,19,21H,7,12-13,15-16H2,(H,24,30)/t19-,21+/m0/s1. The molecule has 1 aromatic heterocycles. The molecule has 2 aromatic carbocycles. The molecule has 0 spiro atoms. The number of tetrazole rings is 1. The van der Waals surface area contributed by atoms with Crippen LogP contribution in [0.1, 0.15) is 30.0 Å². The van der Waals surface area contributed by atoms with Gasteiger partial charge in [0.15, 0.2) is 0 Å². The highest BCUT2D eigenvalue weighted by Gasteiger charge is 2.32. The Morgan fingerprint density at radius 2 is 1.87 bits per heavy atom. The fourth-order valence-corrected chi connectivity index (χ4v) is 4.10. The van der Waals surface area contributed by atoms with E-state index in [1.165, 1.54) is 0 Å². The van der Waals surface area contributed by atoms with Gasteiger partial charge in [-0.15, -0.1) is 0 Å². The number of fused-ring (bicyclic) bond motifs is 1. The molecule has 158 valence electrons. The van der Waals surface area contributed by atoms with E-state index >= 15 is 0 Å². The predicted molar refractivity (Wildman–Crippen MR) is 116 cm³/mol. The van der Waals surface area contributed by atoms with Crippen LogP contribution in [0.3, 0.4) is 0 Å². The topological polar surface area (TPSA) is 85.2 Å². The number of allylic oxidation sites excluding steroid dienone is 1. The molecule has 8 heteroatoms. The van der Waals surface area contributed by atoms with Crippen molar-refractivity contribution in [3.63, 3.8) is 0 Å². The molecule has 0 saturated carbocycles. The maximum absolute atomic E-state index is 12.8. The number of amides is 1. The Kier molecular flexibility index (Phi) is 5.45. The van der Waals surface area contributed by atoms with Crippen molar-refractivity contribution in [1.29, 1.82) is 0 Å². The summed E-state index contributed by atoms with van der Waals surface area (Å²) in [7, 11) is 0. The highest BCUT2D eigenvalue weighted by atomic mass is 16.5. The summed E-state index contributed by atoms with van der Waals surface area (Å²) in [5.74, 6) is 0.451. The lowest BCUT2D eigenvalue weighted by atomic mass is 10.0. The number of benzene rings is 2. The Bertz CT molecular complexity index is 1060. The highest BCUT2D eigenvalue weighted by molar-refractivity contribution is 5.89. The molecule has 1 N–H and O–H groups in total. The van der Waals surface area contributed by atoms with Crippen molar-refractivity contribution in [3.8, 4) is 0 Å². The zero-order chi connectivity index (χ0) is 21.0. The quantitative estimate of drug-likeness (QED) is 0.664. The number of rotatable bonds is 6. The van der Waals surface area contributed by atoms with Gasteiger partial charge in [-0.3, -0.25) is 9.69 Å². The average Bonchev–Trinajstić information content (AvgIpc) is 3.51. The van der Waals surface area contributed by atoms with Gasteiger partial charge in [0.1, 0.15) is 12.6 Å². The van der Waals surface area contributed by atoms with Crippen LogP contribution in [0.5, 0.6) is 0 Å². The van der Waals surface area contributed by atoms with Crippen molar-refractivity contribution in [2.24, 2.45) is 0 Å². The molecular weight excluding hydrogens is 392 g/mol. The zero-order valence-electron chi connectivity index (χ0n) is 17.1. The van der Waals surface area contributed by atoms with E-state index in [1.54, 1.807) is 4.68 Å². The molecule has 0 aliphatic carbocycles. The third-order valence-electron chi connectivity index (χ3n) is 5.65. The summed E-state index contributed by atoms with van der Waals surface area (Å²) in [4.78, 5) is 14.7. The lowest BCUT2D eigenvalue weighted by Gasteiger charge is -2.32. The van der Waals surface area contributed by atoms with E-state index in [0.29, 0.717) is 12.5 Å². The van der Waals surface area contributed by atoms with Gasteiger partial charge in [-0.25, -0.2) is 0 Å². The minimum atomic E-state index is -0.160. The Balaban J connectivity index is 1.46. The van der Waals surface area contributed by atoms with E-state index in [4.69, 9.17) is 4.74 Å². The number of carbonyl (C=O) groups excluding carboxylic acids is 1. The second-order valence-corrected chi connectivity index (χ2v) is 7.72. The lowest BCUT2D eigenvalue weighted by molar-refractivity contribution is -0.120. The second-order valence-electron chi connectivity index (χ2n) is 7.72. The van der Waals surface area contributed by atoms with Gasteiger partial charge in [0, 0.05) is 13.2 Å². The molecule has 2 atom stereocenters. The molecule has 3 aromatic rings. The monoisotopic (exact) mass is 416 g/mol. The van der Waals surface area contributed by atoms with Crippen LogP contribution in [0.15, 0.2) is 66.7 Å². The third kappa shape index (κ3) is 4.06. The van der Waals surface area contributed by atoms with E-state index in [0.717, 1.165) is 36.3 Å². The summed E-state index contributed by atoms with van der Waals surface area (Å²) < 4.78 is 7.37. The number of nitrogens with zero attached hydrogens (tertiary/aromatic N) is 5. The third-order valence-corrected chi connectivity index (χ3v) is 5.65. The molecule has 1 fully saturated rings. The molecule has 8 nitrogen and oxygen atoms in total. The van der Waals surface area contributed by atoms with E-state index in [-0.39, 0.29) is 24.6 Å². The molecule has 1 amide bonds. The fourth-order valence-electron chi connectivity index (χ4n) is 4.10. The van der Waals surface area contributed by atoms with Gasteiger partial charge >= 0.3 is 0 Å². The number of hydrogen-bond acceptors (Lipinski definition) is 6. The summed E-state index contributed by atoms with van der Waals surface area (Å²) in [5.41, 5.74) is 2.99. The van der Waals surface area contributed by atoms with Gasteiger partial charge in [-0.2, -0.15) is 4.68 Å². The van der Waals surface area contributed by atoms with Gasteiger partial charge in [0.25, 0.3) is 5.95 Å². The first-order valence-electron chi connectivity index (χ1n) is 10.6. The number of hydrogen-bond donors (Lipinski definition) is 1. The minimum Gasteiger partial charge on any atom is -0.376 e. The Morgan fingerprint density at radius 3 is 2.61 bits per heavy atom. The van der Waals surface area contributed by atoms with Crippen LogP contribution in [0.2, 0.25) is 0 Å². The largest absolute Gasteiger partial charge is 0.376 e. The van der Waals surface area contributed by atoms with E-state index in [2.05, 4.69) is 39.1 Å². The number of aromatic nitrogens is 4. The van der Waals surface area contributed by atoms with Crippen LogP contribution < -0.4 is 10.2 Å². The summed E-state index contributed by atoms with van der Waals surface area (Å²) in [5, 5.41) is 15.4. The van der Waals surface area contributed by atoms with Crippen molar-refractivity contribution >= 4 is 17.6 Å². The van der Waals surface area contributed by atoms with Crippen molar-refractivity contribution < 1.29 is 9.53 Å². The highest BCUT2D eigenvalue weighted by Crippen LogP contribution is 2.35. The van der Waals surface area contributed by atoms with E-state index in [1.807, 2.05) is 53.4 Å². The normalized spacial score (nSPS) is 20.3. The number of anilines is 1. The molecule has 3 heterocycles. The maximum atomic E-state index is 12.8. The Hall–Kier alpha value is -3.52. The summed E-state index contributed by atoms with van der Waals surface area (Å²) in [6.45, 7) is 1.41.